The highest BCUT2D eigenvalue weighted by Gasteiger charge is 2.01. The van der Waals surface area contributed by atoms with Gasteiger partial charge in [0.15, 0.2) is 0 Å². The number of ether oxygens (including phenoxy) is 1. The van der Waals surface area contributed by atoms with Crippen LogP contribution in [0.3, 0.4) is 0 Å². The van der Waals surface area contributed by atoms with Crippen LogP contribution in [0.2, 0.25) is 0 Å². The van der Waals surface area contributed by atoms with Gasteiger partial charge in [0.1, 0.15) is 17.0 Å². The molecule has 0 aliphatic rings. The minimum Gasteiger partial charge on any atom is -0.506 e. The molecule has 0 fully saturated rings. The maximum Gasteiger partial charge on any atom is 0.141 e. The van der Waals surface area contributed by atoms with Crippen LogP contribution < -0.4 is 4.74 Å². The summed E-state index contributed by atoms with van der Waals surface area (Å²) in [5, 5.41) is 10.7. The summed E-state index contributed by atoms with van der Waals surface area (Å²) in [6.07, 6.45) is 1.68. The maximum atomic E-state index is 9.84. The van der Waals surface area contributed by atoms with Crippen molar-refractivity contribution in [2.45, 2.75) is 6.92 Å². The normalized spacial score (nSPS) is 11.1. The summed E-state index contributed by atoms with van der Waals surface area (Å²) in [4.78, 5) is 8.80. The number of aromatic nitrogens is 1. The maximum absolute atomic E-state index is 9.84. The number of para-hydroxylation sites is 1. The average Bonchev–Trinajstić information content (AvgIpc) is 2.55. The van der Waals surface area contributed by atoms with E-state index in [-0.39, 0.29) is 5.75 Å². The third kappa shape index (κ3) is 3.06. The second-order valence-corrected chi connectivity index (χ2v) is 4.77. The van der Waals surface area contributed by atoms with Gasteiger partial charge in [-0.25, -0.2) is 4.98 Å². The minimum absolute atomic E-state index is 0.175. The topological polar surface area (TPSA) is 54.7 Å². The van der Waals surface area contributed by atoms with Crippen molar-refractivity contribution in [3.8, 4) is 11.5 Å². The lowest BCUT2D eigenvalue weighted by Gasteiger charge is -2.02. The Labute approximate surface area is 128 Å². The molecule has 0 bridgehead atoms. The third-order valence-corrected chi connectivity index (χ3v) is 3.21. The summed E-state index contributed by atoms with van der Waals surface area (Å²) in [6.45, 7) is 2.60. The first-order valence-electron chi connectivity index (χ1n) is 7.12. The molecule has 0 atom stereocenters. The Hall–Kier alpha value is -2.88. The first-order valence-corrected chi connectivity index (χ1v) is 7.12. The van der Waals surface area contributed by atoms with Crippen molar-refractivity contribution in [3.63, 3.8) is 0 Å². The molecule has 4 nitrogen and oxygen atoms in total. The van der Waals surface area contributed by atoms with Crippen LogP contribution in [-0.2, 0) is 0 Å². The van der Waals surface area contributed by atoms with Gasteiger partial charge in [0.05, 0.1) is 24.2 Å². The second-order valence-electron chi connectivity index (χ2n) is 4.77. The summed E-state index contributed by atoms with van der Waals surface area (Å²) >= 11 is 0. The molecule has 0 amide bonds. The SMILES string of the molecule is CCOc1ccc(N=Cc2ccc3cccc(O)c3n2)cc1. The van der Waals surface area contributed by atoms with E-state index >= 15 is 0 Å². The highest BCUT2D eigenvalue weighted by Crippen LogP contribution is 2.22. The van der Waals surface area contributed by atoms with Gasteiger partial charge in [-0.05, 0) is 43.3 Å². The van der Waals surface area contributed by atoms with Crippen LogP contribution in [0.15, 0.2) is 59.6 Å². The molecule has 4 heteroatoms. The highest BCUT2D eigenvalue weighted by atomic mass is 16.5. The van der Waals surface area contributed by atoms with E-state index in [9.17, 15) is 5.11 Å². The van der Waals surface area contributed by atoms with Crippen molar-refractivity contribution in [1.82, 2.24) is 4.98 Å². The second kappa shape index (κ2) is 6.26. The third-order valence-electron chi connectivity index (χ3n) is 3.21. The number of hydrogen-bond acceptors (Lipinski definition) is 4. The molecule has 2 aromatic carbocycles. The van der Waals surface area contributed by atoms with Crippen molar-refractivity contribution in [1.29, 1.82) is 0 Å². The number of fused-ring (bicyclic) bond motifs is 1. The van der Waals surface area contributed by atoms with Crippen molar-refractivity contribution < 1.29 is 9.84 Å². The summed E-state index contributed by atoms with van der Waals surface area (Å²) in [6, 6.07) is 16.7. The van der Waals surface area contributed by atoms with Crippen molar-refractivity contribution in [2.75, 3.05) is 6.61 Å². The van der Waals surface area contributed by atoms with Gasteiger partial charge in [0.2, 0.25) is 0 Å². The van der Waals surface area contributed by atoms with Crippen LogP contribution in [-0.4, -0.2) is 22.9 Å². The molecule has 0 radical (unpaired) electrons. The van der Waals surface area contributed by atoms with Gasteiger partial charge in [-0.15, -0.1) is 0 Å². The average molecular weight is 292 g/mol. The molecule has 3 rings (SSSR count). The number of benzene rings is 2. The molecule has 0 saturated heterocycles. The molecule has 0 saturated carbocycles. The standard InChI is InChI=1S/C18H16N2O2/c1-2-22-16-10-8-14(9-11-16)19-12-15-7-6-13-4-3-5-17(21)18(13)20-15/h3-12,21H,2H2,1H3. The van der Waals surface area contributed by atoms with Crippen LogP contribution in [0, 0.1) is 0 Å². The van der Waals surface area contributed by atoms with E-state index in [4.69, 9.17) is 4.74 Å². The van der Waals surface area contributed by atoms with Gasteiger partial charge in [0.25, 0.3) is 0 Å². The number of pyridine rings is 1. The molecular weight excluding hydrogens is 276 g/mol. The Balaban J connectivity index is 1.84. The number of aliphatic imine (C=N–C) groups is 1. The Morgan fingerprint density at radius 3 is 2.68 bits per heavy atom. The van der Waals surface area contributed by atoms with E-state index in [0.29, 0.717) is 17.8 Å². The molecule has 0 spiro atoms. The molecule has 0 unspecified atom stereocenters. The van der Waals surface area contributed by atoms with E-state index in [0.717, 1.165) is 16.8 Å². The van der Waals surface area contributed by atoms with Crippen molar-refractivity contribution >= 4 is 22.8 Å². The fraction of sp³-hybridized carbons (Fsp3) is 0.111. The van der Waals surface area contributed by atoms with E-state index in [1.54, 1.807) is 18.3 Å². The number of phenolic OH excluding ortho intramolecular Hbond substituents is 1. The summed E-state index contributed by atoms with van der Waals surface area (Å²) in [5.41, 5.74) is 2.10. The molecule has 1 N–H and O–H groups in total. The molecule has 3 aromatic rings. The van der Waals surface area contributed by atoms with Gasteiger partial charge in [-0.3, -0.25) is 4.99 Å². The number of hydrogen-bond donors (Lipinski definition) is 1. The minimum atomic E-state index is 0.175. The lowest BCUT2D eigenvalue weighted by molar-refractivity contribution is 0.340. The quantitative estimate of drug-likeness (QED) is 0.737. The number of nitrogens with zero attached hydrogens (tertiary/aromatic N) is 2. The zero-order valence-corrected chi connectivity index (χ0v) is 12.2. The van der Waals surface area contributed by atoms with E-state index < -0.39 is 0 Å². The van der Waals surface area contributed by atoms with Crippen LogP contribution in [0.1, 0.15) is 12.6 Å². The Morgan fingerprint density at radius 1 is 1.09 bits per heavy atom. The molecule has 110 valence electrons. The number of phenols is 1. The monoisotopic (exact) mass is 292 g/mol. The number of rotatable bonds is 4. The highest BCUT2D eigenvalue weighted by molar-refractivity contribution is 5.89. The van der Waals surface area contributed by atoms with Gasteiger partial charge >= 0.3 is 0 Å². The van der Waals surface area contributed by atoms with Crippen LogP contribution in [0.25, 0.3) is 10.9 Å². The largest absolute Gasteiger partial charge is 0.506 e. The first kappa shape index (κ1) is 14.1. The summed E-state index contributed by atoms with van der Waals surface area (Å²) < 4.78 is 5.39. The molecule has 0 aliphatic carbocycles. The van der Waals surface area contributed by atoms with Gasteiger partial charge in [-0.1, -0.05) is 18.2 Å². The smallest absolute Gasteiger partial charge is 0.141 e. The first-order chi connectivity index (χ1) is 10.8. The van der Waals surface area contributed by atoms with Crippen LogP contribution >= 0.6 is 0 Å². The van der Waals surface area contributed by atoms with E-state index in [1.165, 1.54) is 0 Å². The van der Waals surface area contributed by atoms with Gasteiger partial charge < -0.3 is 9.84 Å². The zero-order chi connectivity index (χ0) is 15.4. The Bertz CT molecular complexity index is 811. The molecule has 1 heterocycles. The zero-order valence-electron chi connectivity index (χ0n) is 12.2. The predicted octanol–water partition coefficient (Wildman–Crippen LogP) is 4.09. The van der Waals surface area contributed by atoms with Crippen LogP contribution in [0.4, 0.5) is 5.69 Å². The Kier molecular flexibility index (Phi) is 4.01. The molecule has 22 heavy (non-hydrogen) atoms. The fourth-order valence-corrected chi connectivity index (χ4v) is 2.15. The molecule has 0 aliphatic heterocycles. The number of aromatic hydroxyl groups is 1. The van der Waals surface area contributed by atoms with Gasteiger partial charge in [-0.2, -0.15) is 0 Å². The summed E-state index contributed by atoms with van der Waals surface area (Å²) in [5.74, 6) is 1.00. The van der Waals surface area contributed by atoms with E-state index in [1.807, 2.05) is 49.4 Å². The Morgan fingerprint density at radius 2 is 1.91 bits per heavy atom. The van der Waals surface area contributed by atoms with Gasteiger partial charge in [0, 0.05) is 5.39 Å². The van der Waals surface area contributed by atoms with E-state index in [2.05, 4.69) is 9.98 Å². The lowest BCUT2D eigenvalue weighted by Crippen LogP contribution is -1.90. The fourth-order valence-electron chi connectivity index (χ4n) is 2.15. The van der Waals surface area contributed by atoms with Crippen molar-refractivity contribution in [2.24, 2.45) is 4.99 Å². The van der Waals surface area contributed by atoms with Crippen LogP contribution in [0.5, 0.6) is 11.5 Å². The van der Waals surface area contributed by atoms with Crippen molar-refractivity contribution in [3.05, 3.63) is 60.3 Å². The molecular formula is C18H16N2O2. The lowest BCUT2D eigenvalue weighted by atomic mass is 10.2. The molecule has 1 aromatic heterocycles. The summed E-state index contributed by atoms with van der Waals surface area (Å²) in [7, 11) is 0. The predicted molar refractivity (Wildman–Crippen MR) is 88.3 cm³/mol.